The predicted octanol–water partition coefficient (Wildman–Crippen LogP) is 5.18. The van der Waals surface area contributed by atoms with Gasteiger partial charge in [-0.2, -0.15) is 4.98 Å². The van der Waals surface area contributed by atoms with Crippen LogP contribution in [-0.2, 0) is 14.3 Å². The van der Waals surface area contributed by atoms with E-state index >= 15 is 4.39 Å². The Morgan fingerprint density at radius 2 is 1.93 bits per heavy atom. The highest BCUT2D eigenvalue weighted by Crippen LogP contribution is 2.47. The molecular weight excluding hydrogens is 574 g/mol. The summed E-state index contributed by atoms with van der Waals surface area (Å²) in [4.78, 5) is 35.3. The fraction of sp³-hybridized carbons (Fsp3) is 0.414. The third-order valence-corrected chi connectivity index (χ3v) is 9.09. The van der Waals surface area contributed by atoms with Crippen molar-refractivity contribution in [3.05, 3.63) is 63.6 Å². The maximum Gasteiger partial charge on any atom is 0.350 e. The Balaban J connectivity index is 1.73. The number of nitrogens with zero attached hydrogens (tertiary/aromatic N) is 4. The molecule has 5 rings (SSSR count). The highest BCUT2D eigenvalue weighted by molar-refractivity contribution is 7.99. The fourth-order valence-electron chi connectivity index (χ4n) is 5.94. The zero-order chi connectivity index (χ0) is 29.6. The van der Waals surface area contributed by atoms with Crippen molar-refractivity contribution in [2.75, 3.05) is 44.3 Å². The van der Waals surface area contributed by atoms with Crippen LogP contribution in [0.3, 0.4) is 0 Å². The standard InChI is InChI=1S/C29H31ClF2N4O4S/c1-6-24(37)35-16(3)10-34(11-17(35)4)28-20-7-15(2)25(19-8-21(30)23(32)9-22(19)31)27-26(20)36(29(38)33-28)18(13-41-27)12-40-14-39-5/h6-9,16-18H,1,10-14H2,2-5H3/t16-,17+,18-/m0/s1. The Labute approximate surface area is 245 Å². The molecule has 2 aromatic carbocycles. The van der Waals surface area contributed by atoms with E-state index in [9.17, 15) is 14.0 Å². The summed E-state index contributed by atoms with van der Waals surface area (Å²) < 4.78 is 41.5. The van der Waals surface area contributed by atoms with Crippen LogP contribution in [0.1, 0.15) is 25.5 Å². The van der Waals surface area contributed by atoms with E-state index in [2.05, 4.69) is 11.6 Å². The van der Waals surface area contributed by atoms with Gasteiger partial charge in [0.05, 0.1) is 23.2 Å². The minimum absolute atomic E-state index is 0.0688. The SMILES string of the molecule is C=CC(=O)N1[C@H](C)CN(c2nc(=O)n3c4c(c(-c5cc(Cl)c(F)cc5F)c(C)cc24)SC[C@@H]3COCOC)C[C@@H]1C. The molecule has 218 valence electrons. The second-order valence-corrected chi connectivity index (χ2v) is 11.9. The summed E-state index contributed by atoms with van der Waals surface area (Å²) in [5, 5.41) is 0.531. The summed E-state index contributed by atoms with van der Waals surface area (Å²) in [6.45, 7) is 10.6. The molecule has 8 nitrogen and oxygen atoms in total. The first-order valence-corrected chi connectivity index (χ1v) is 14.6. The van der Waals surface area contributed by atoms with Crippen molar-refractivity contribution < 1.29 is 23.0 Å². The van der Waals surface area contributed by atoms with Crippen LogP contribution in [0.15, 0.2) is 40.5 Å². The monoisotopic (exact) mass is 604 g/mol. The zero-order valence-electron chi connectivity index (χ0n) is 23.2. The molecule has 1 fully saturated rings. The highest BCUT2D eigenvalue weighted by atomic mass is 35.5. The van der Waals surface area contributed by atoms with Crippen molar-refractivity contribution in [3.8, 4) is 11.1 Å². The summed E-state index contributed by atoms with van der Waals surface area (Å²) in [6.07, 6.45) is 1.31. The van der Waals surface area contributed by atoms with Crippen molar-refractivity contribution in [1.82, 2.24) is 14.5 Å². The van der Waals surface area contributed by atoms with Crippen molar-refractivity contribution in [2.45, 2.75) is 43.8 Å². The highest BCUT2D eigenvalue weighted by Gasteiger charge is 2.35. The lowest BCUT2D eigenvalue weighted by Gasteiger charge is -2.45. The lowest BCUT2D eigenvalue weighted by Crippen LogP contribution is -2.58. The fourth-order valence-corrected chi connectivity index (χ4v) is 7.46. The molecule has 12 heteroatoms. The molecule has 1 saturated heterocycles. The molecule has 1 aromatic heterocycles. The first-order chi connectivity index (χ1) is 19.6. The normalized spacial score (nSPS) is 20.5. The average Bonchev–Trinajstić information content (AvgIpc) is 2.92. The van der Waals surface area contributed by atoms with Gasteiger partial charge >= 0.3 is 5.69 Å². The number of aryl methyl sites for hydroxylation is 1. The van der Waals surface area contributed by atoms with Gasteiger partial charge in [0.25, 0.3) is 0 Å². The van der Waals surface area contributed by atoms with Crippen molar-refractivity contribution >= 4 is 46.0 Å². The number of hydrogen-bond donors (Lipinski definition) is 0. The number of amides is 1. The number of hydrogen-bond acceptors (Lipinski definition) is 7. The minimum atomic E-state index is -0.844. The van der Waals surface area contributed by atoms with Gasteiger partial charge in [-0.25, -0.2) is 13.6 Å². The molecule has 2 aliphatic heterocycles. The van der Waals surface area contributed by atoms with Crippen LogP contribution < -0.4 is 10.6 Å². The summed E-state index contributed by atoms with van der Waals surface area (Å²) in [7, 11) is 1.52. The lowest BCUT2D eigenvalue weighted by atomic mass is 9.96. The van der Waals surface area contributed by atoms with Crippen LogP contribution in [-0.4, -0.2) is 71.8 Å². The molecule has 0 N–H and O–H groups in total. The number of anilines is 1. The molecule has 0 spiro atoms. The Bertz CT molecular complexity index is 1590. The van der Waals surface area contributed by atoms with Gasteiger partial charge in [0, 0.05) is 65.5 Å². The van der Waals surface area contributed by atoms with E-state index in [-0.39, 0.29) is 48.0 Å². The quantitative estimate of drug-likeness (QED) is 0.159. The van der Waals surface area contributed by atoms with E-state index in [0.717, 1.165) is 17.0 Å². The van der Waals surface area contributed by atoms with Crippen LogP contribution >= 0.6 is 23.4 Å². The number of carbonyl (C=O) groups excluding carboxylic acids is 1. The number of halogens is 3. The van der Waals surface area contributed by atoms with Crippen LogP contribution in [0.25, 0.3) is 22.0 Å². The van der Waals surface area contributed by atoms with Gasteiger partial charge < -0.3 is 19.3 Å². The molecular formula is C29H31ClF2N4O4S. The second-order valence-electron chi connectivity index (χ2n) is 10.4. The number of piperazine rings is 1. The molecule has 0 saturated carbocycles. The molecule has 0 aliphatic carbocycles. The number of carbonyl (C=O) groups is 1. The lowest BCUT2D eigenvalue weighted by molar-refractivity contribution is -0.130. The van der Waals surface area contributed by atoms with E-state index in [4.69, 9.17) is 21.1 Å². The molecule has 0 unspecified atom stereocenters. The summed E-state index contributed by atoms with van der Waals surface area (Å²) in [6, 6.07) is 3.29. The van der Waals surface area contributed by atoms with Gasteiger partial charge in [0.2, 0.25) is 5.91 Å². The Kier molecular flexibility index (Phi) is 8.43. The zero-order valence-corrected chi connectivity index (χ0v) is 24.8. The van der Waals surface area contributed by atoms with E-state index in [1.807, 2.05) is 31.7 Å². The summed E-state index contributed by atoms with van der Waals surface area (Å²) in [5.41, 5.74) is 1.57. The predicted molar refractivity (Wildman–Crippen MR) is 157 cm³/mol. The van der Waals surface area contributed by atoms with E-state index in [1.165, 1.54) is 31.0 Å². The molecule has 3 atom stereocenters. The van der Waals surface area contributed by atoms with Gasteiger partial charge in [0.1, 0.15) is 24.2 Å². The van der Waals surface area contributed by atoms with E-state index < -0.39 is 17.3 Å². The Morgan fingerprint density at radius 3 is 2.59 bits per heavy atom. The number of rotatable bonds is 7. The van der Waals surface area contributed by atoms with Crippen molar-refractivity contribution in [1.29, 1.82) is 0 Å². The maximum atomic E-state index is 15.2. The first-order valence-electron chi connectivity index (χ1n) is 13.2. The van der Waals surface area contributed by atoms with Gasteiger partial charge in [-0.15, -0.1) is 11.8 Å². The summed E-state index contributed by atoms with van der Waals surface area (Å²) >= 11 is 7.56. The average molecular weight is 605 g/mol. The van der Waals surface area contributed by atoms with Gasteiger partial charge in [-0.3, -0.25) is 9.36 Å². The Morgan fingerprint density at radius 1 is 1.22 bits per heavy atom. The van der Waals surface area contributed by atoms with Crippen LogP contribution in [0.2, 0.25) is 5.02 Å². The van der Waals surface area contributed by atoms with E-state index in [1.54, 1.807) is 9.47 Å². The van der Waals surface area contributed by atoms with Crippen LogP contribution in [0.5, 0.6) is 0 Å². The molecule has 3 heterocycles. The van der Waals surface area contributed by atoms with Crippen LogP contribution in [0.4, 0.5) is 14.6 Å². The molecule has 2 aliphatic rings. The van der Waals surface area contributed by atoms with Gasteiger partial charge in [-0.1, -0.05) is 18.2 Å². The number of thioether (sulfide) groups is 1. The maximum absolute atomic E-state index is 15.2. The smallest absolute Gasteiger partial charge is 0.350 e. The van der Waals surface area contributed by atoms with Gasteiger partial charge in [0.15, 0.2) is 0 Å². The van der Waals surface area contributed by atoms with E-state index in [0.29, 0.717) is 40.6 Å². The summed E-state index contributed by atoms with van der Waals surface area (Å²) in [5.74, 6) is -0.770. The number of methoxy groups -OCH3 is 1. The second kappa shape index (κ2) is 11.7. The number of ether oxygens (including phenoxy) is 2. The molecule has 41 heavy (non-hydrogen) atoms. The molecule has 1 amide bonds. The first kappa shape index (κ1) is 29.5. The van der Waals surface area contributed by atoms with Crippen molar-refractivity contribution in [2.24, 2.45) is 0 Å². The van der Waals surface area contributed by atoms with Gasteiger partial charge in [-0.05, 0) is 44.5 Å². The molecule has 0 bridgehead atoms. The largest absolute Gasteiger partial charge is 0.359 e. The third-order valence-electron chi connectivity index (χ3n) is 7.57. The molecule has 3 aromatic rings. The third kappa shape index (κ3) is 5.24. The number of benzene rings is 2. The Hall–Kier alpha value is -2.99. The van der Waals surface area contributed by atoms with Crippen molar-refractivity contribution in [3.63, 3.8) is 0 Å². The topological polar surface area (TPSA) is 76.9 Å². The number of aromatic nitrogens is 2. The van der Waals surface area contributed by atoms with Crippen LogP contribution in [0, 0.1) is 18.6 Å². The minimum Gasteiger partial charge on any atom is -0.359 e. The molecule has 0 radical (unpaired) electrons.